The standard InChI is InChI=1S/C19H20N2O2S/c22-18-2-1-9-21(18)16-5-3-14(4-6-16)12-19(23)20-10-7-17-15(13-20)8-11-24-17/h3-6,8,11H,1-2,7,9-10,12-13H2. The molecule has 3 heterocycles. The van der Waals surface area contributed by atoms with Crippen molar-refractivity contribution >= 4 is 28.8 Å². The lowest BCUT2D eigenvalue weighted by molar-refractivity contribution is -0.131. The molecule has 0 aliphatic carbocycles. The number of carbonyl (C=O) groups is 2. The minimum absolute atomic E-state index is 0.178. The number of nitrogens with zero attached hydrogens (tertiary/aromatic N) is 2. The molecule has 24 heavy (non-hydrogen) atoms. The molecule has 2 aliphatic heterocycles. The Labute approximate surface area is 145 Å². The van der Waals surface area contributed by atoms with Crippen molar-refractivity contribution in [1.82, 2.24) is 4.90 Å². The molecule has 2 aromatic rings. The molecule has 1 fully saturated rings. The summed E-state index contributed by atoms with van der Waals surface area (Å²) >= 11 is 1.79. The molecule has 1 aromatic carbocycles. The number of hydrogen-bond donors (Lipinski definition) is 0. The van der Waals surface area contributed by atoms with Crippen molar-refractivity contribution in [2.45, 2.75) is 32.2 Å². The Morgan fingerprint density at radius 2 is 1.92 bits per heavy atom. The van der Waals surface area contributed by atoms with Crippen LogP contribution in [0.15, 0.2) is 35.7 Å². The summed E-state index contributed by atoms with van der Waals surface area (Å²) < 4.78 is 0. The molecular weight excluding hydrogens is 320 g/mol. The summed E-state index contributed by atoms with van der Waals surface area (Å²) in [7, 11) is 0. The third kappa shape index (κ3) is 2.96. The van der Waals surface area contributed by atoms with Gasteiger partial charge in [-0.1, -0.05) is 12.1 Å². The van der Waals surface area contributed by atoms with E-state index in [-0.39, 0.29) is 11.8 Å². The summed E-state index contributed by atoms with van der Waals surface area (Å²) in [6, 6.07) is 9.98. The Morgan fingerprint density at radius 1 is 1.08 bits per heavy atom. The van der Waals surface area contributed by atoms with E-state index in [9.17, 15) is 9.59 Å². The molecule has 4 nitrogen and oxygen atoms in total. The fourth-order valence-corrected chi connectivity index (χ4v) is 4.35. The summed E-state index contributed by atoms with van der Waals surface area (Å²) in [5.74, 6) is 0.371. The van der Waals surface area contributed by atoms with Gasteiger partial charge in [-0.05, 0) is 47.5 Å². The SMILES string of the molecule is O=C(Cc1ccc(N2CCCC2=O)cc1)N1CCc2sccc2C1. The minimum atomic E-state index is 0.178. The maximum Gasteiger partial charge on any atom is 0.227 e. The van der Waals surface area contributed by atoms with Gasteiger partial charge in [-0.25, -0.2) is 0 Å². The lowest BCUT2D eigenvalue weighted by atomic mass is 10.1. The van der Waals surface area contributed by atoms with Gasteiger partial charge in [-0.3, -0.25) is 9.59 Å². The first-order valence-electron chi connectivity index (χ1n) is 8.43. The van der Waals surface area contributed by atoms with Crippen LogP contribution in [0, 0.1) is 0 Å². The predicted octanol–water partition coefficient (Wildman–Crippen LogP) is 3.00. The molecular formula is C19H20N2O2S. The third-order valence-corrected chi connectivity index (χ3v) is 5.86. The Bertz CT molecular complexity index is 766. The van der Waals surface area contributed by atoms with Gasteiger partial charge in [0.25, 0.3) is 0 Å². The third-order valence-electron chi connectivity index (χ3n) is 4.84. The second kappa shape index (κ2) is 6.40. The molecule has 1 saturated heterocycles. The van der Waals surface area contributed by atoms with E-state index in [0.29, 0.717) is 12.8 Å². The van der Waals surface area contributed by atoms with Crippen LogP contribution in [0.2, 0.25) is 0 Å². The molecule has 0 spiro atoms. The molecule has 0 radical (unpaired) electrons. The van der Waals surface area contributed by atoms with Crippen molar-refractivity contribution in [3.8, 4) is 0 Å². The van der Waals surface area contributed by atoms with Crippen LogP contribution in [0.3, 0.4) is 0 Å². The number of rotatable bonds is 3. The quantitative estimate of drug-likeness (QED) is 0.862. The molecule has 124 valence electrons. The van der Waals surface area contributed by atoms with Gasteiger partial charge in [-0.15, -0.1) is 11.3 Å². The van der Waals surface area contributed by atoms with Crippen LogP contribution >= 0.6 is 11.3 Å². The van der Waals surface area contributed by atoms with E-state index in [1.165, 1.54) is 10.4 Å². The highest BCUT2D eigenvalue weighted by molar-refractivity contribution is 7.10. The van der Waals surface area contributed by atoms with Gasteiger partial charge in [0.2, 0.25) is 11.8 Å². The zero-order valence-corrected chi connectivity index (χ0v) is 14.3. The van der Waals surface area contributed by atoms with Gasteiger partial charge in [-0.2, -0.15) is 0 Å². The topological polar surface area (TPSA) is 40.6 Å². The lowest BCUT2D eigenvalue weighted by Crippen LogP contribution is -2.36. The zero-order chi connectivity index (χ0) is 16.5. The summed E-state index contributed by atoms with van der Waals surface area (Å²) in [6.45, 7) is 2.35. The van der Waals surface area contributed by atoms with Crippen LogP contribution in [-0.2, 0) is 29.0 Å². The van der Waals surface area contributed by atoms with Crippen molar-refractivity contribution in [3.63, 3.8) is 0 Å². The molecule has 4 rings (SSSR count). The number of anilines is 1. The van der Waals surface area contributed by atoms with Crippen LogP contribution < -0.4 is 4.90 Å². The monoisotopic (exact) mass is 340 g/mol. The van der Waals surface area contributed by atoms with E-state index in [1.54, 1.807) is 11.3 Å². The lowest BCUT2D eigenvalue weighted by Gasteiger charge is -2.27. The number of thiophene rings is 1. The molecule has 0 N–H and O–H groups in total. The van der Waals surface area contributed by atoms with Crippen LogP contribution in [0.1, 0.15) is 28.8 Å². The molecule has 0 unspecified atom stereocenters. The smallest absolute Gasteiger partial charge is 0.227 e. The van der Waals surface area contributed by atoms with E-state index in [1.807, 2.05) is 34.1 Å². The van der Waals surface area contributed by atoms with E-state index in [2.05, 4.69) is 11.4 Å². The summed E-state index contributed by atoms with van der Waals surface area (Å²) in [5, 5.41) is 2.11. The largest absolute Gasteiger partial charge is 0.338 e. The number of hydrogen-bond acceptors (Lipinski definition) is 3. The van der Waals surface area contributed by atoms with Crippen LogP contribution in [-0.4, -0.2) is 29.8 Å². The Balaban J connectivity index is 1.40. The van der Waals surface area contributed by atoms with Crippen molar-refractivity contribution in [2.24, 2.45) is 0 Å². The highest BCUT2D eigenvalue weighted by Crippen LogP contribution is 2.25. The number of carbonyl (C=O) groups excluding carboxylic acids is 2. The Kier molecular flexibility index (Phi) is 4.10. The second-order valence-electron chi connectivity index (χ2n) is 6.43. The molecule has 1 aromatic heterocycles. The van der Waals surface area contributed by atoms with Gasteiger partial charge in [0, 0.05) is 36.6 Å². The fraction of sp³-hybridized carbons (Fsp3) is 0.368. The van der Waals surface area contributed by atoms with E-state index in [0.717, 1.165) is 43.7 Å². The van der Waals surface area contributed by atoms with Gasteiger partial charge in [0.15, 0.2) is 0 Å². The zero-order valence-electron chi connectivity index (χ0n) is 13.5. The highest BCUT2D eigenvalue weighted by atomic mass is 32.1. The van der Waals surface area contributed by atoms with Gasteiger partial charge >= 0.3 is 0 Å². The average Bonchev–Trinajstić information content (AvgIpc) is 3.23. The number of amides is 2. The average molecular weight is 340 g/mol. The van der Waals surface area contributed by atoms with Crippen molar-refractivity contribution < 1.29 is 9.59 Å². The Morgan fingerprint density at radius 3 is 2.67 bits per heavy atom. The summed E-state index contributed by atoms with van der Waals surface area (Å²) in [6.07, 6.45) is 2.96. The van der Waals surface area contributed by atoms with Crippen LogP contribution in [0.4, 0.5) is 5.69 Å². The van der Waals surface area contributed by atoms with Crippen molar-refractivity contribution in [3.05, 3.63) is 51.7 Å². The molecule has 0 bridgehead atoms. The first kappa shape index (κ1) is 15.4. The second-order valence-corrected chi connectivity index (χ2v) is 7.43. The maximum atomic E-state index is 12.6. The number of benzene rings is 1. The molecule has 2 aliphatic rings. The Hall–Kier alpha value is -2.14. The first-order chi connectivity index (χ1) is 11.7. The normalized spacial score (nSPS) is 17.2. The molecule has 2 amide bonds. The van der Waals surface area contributed by atoms with Crippen molar-refractivity contribution in [2.75, 3.05) is 18.0 Å². The summed E-state index contributed by atoms with van der Waals surface area (Å²) in [5.41, 5.74) is 3.24. The maximum absolute atomic E-state index is 12.6. The highest BCUT2D eigenvalue weighted by Gasteiger charge is 2.23. The van der Waals surface area contributed by atoms with Gasteiger partial charge in [0.05, 0.1) is 6.42 Å². The minimum Gasteiger partial charge on any atom is -0.338 e. The van der Waals surface area contributed by atoms with Gasteiger partial charge in [0.1, 0.15) is 0 Å². The number of fused-ring (bicyclic) bond motifs is 1. The predicted molar refractivity (Wildman–Crippen MR) is 95.2 cm³/mol. The molecule has 5 heteroatoms. The molecule has 0 saturated carbocycles. The van der Waals surface area contributed by atoms with Crippen LogP contribution in [0.5, 0.6) is 0 Å². The molecule has 0 atom stereocenters. The van der Waals surface area contributed by atoms with Gasteiger partial charge < -0.3 is 9.80 Å². The first-order valence-corrected chi connectivity index (χ1v) is 9.31. The van der Waals surface area contributed by atoms with E-state index in [4.69, 9.17) is 0 Å². The fourth-order valence-electron chi connectivity index (χ4n) is 3.46. The van der Waals surface area contributed by atoms with Crippen molar-refractivity contribution in [1.29, 1.82) is 0 Å². The summed E-state index contributed by atoms with van der Waals surface area (Å²) in [4.78, 5) is 29.5. The van der Waals surface area contributed by atoms with Crippen LogP contribution in [0.25, 0.3) is 0 Å². The van der Waals surface area contributed by atoms with E-state index >= 15 is 0 Å². The van der Waals surface area contributed by atoms with E-state index < -0.39 is 0 Å².